The quantitative estimate of drug-likeness (QED) is 0.552. The summed E-state index contributed by atoms with van der Waals surface area (Å²) in [6.07, 6.45) is 0. The van der Waals surface area contributed by atoms with Gasteiger partial charge in [-0.25, -0.2) is 8.42 Å². The fourth-order valence-electron chi connectivity index (χ4n) is 2.52. The summed E-state index contributed by atoms with van der Waals surface area (Å²) in [6, 6.07) is 15.2. The lowest BCUT2D eigenvalue weighted by Crippen LogP contribution is -2.36. The van der Waals surface area contributed by atoms with E-state index in [1.54, 1.807) is 26.2 Å². The van der Waals surface area contributed by atoms with Crippen LogP contribution in [0.2, 0.25) is 0 Å². The van der Waals surface area contributed by atoms with Crippen molar-refractivity contribution in [3.8, 4) is 0 Å². The molecule has 0 radical (unpaired) electrons. The molecule has 28 heavy (non-hydrogen) atoms. The van der Waals surface area contributed by atoms with E-state index in [9.17, 15) is 8.42 Å². The molecule has 2 aromatic carbocycles. The molecule has 0 fully saturated rings. The Hall–Kier alpha value is -2.38. The van der Waals surface area contributed by atoms with Gasteiger partial charge in [0.15, 0.2) is 5.96 Å². The average molecular weight is 403 g/mol. The van der Waals surface area contributed by atoms with Crippen molar-refractivity contribution in [1.29, 1.82) is 0 Å². The molecule has 0 saturated heterocycles. The van der Waals surface area contributed by atoms with Crippen LogP contribution >= 0.6 is 0 Å². The number of sulfonamides is 1. The first-order valence-corrected chi connectivity index (χ1v) is 10.7. The predicted molar refractivity (Wildman–Crippen MR) is 115 cm³/mol. The number of aryl methyl sites for hydroxylation is 1. The van der Waals surface area contributed by atoms with E-state index in [2.05, 4.69) is 46.8 Å². The van der Waals surface area contributed by atoms with Crippen molar-refractivity contribution in [2.75, 3.05) is 14.1 Å². The minimum absolute atomic E-state index is 0.0886. The molecular weight excluding hydrogens is 372 g/mol. The molecule has 0 aliphatic heterocycles. The SMILES string of the molecule is CN=C(NCc1ccc(C)cc1)NCc1ccc(S(=O)(=O)N(C)C(C)C)cc1. The average Bonchev–Trinajstić information content (AvgIpc) is 2.69. The Morgan fingerprint density at radius 2 is 1.43 bits per heavy atom. The number of hydrogen-bond acceptors (Lipinski definition) is 3. The van der Waals surface area contributed by atoms with Crippen molar-refractivity contribution < 1.29 is 8.42 Å². The van der Waals surface area contributed by atoms with E-state index >= 15 is 0 Å². The summed E-state index contributed by atoms with van der Waals surface area (Å²) in [5, 5.41) is 6.52. The van der Waals surface area contributed by atoms with Gasteiger partial charge in [-0.3, -0.25) is 4.99 Å². The normalized spacial score (nSPS) is 12.5. The minimum atomic E-state index is -3.46. The molecule has 0 atom stereocenters. The monoisotopic (exact) mass is 402 g/mol. The summed E-state index contributed by atoms with van der Waals surface area (Å²) in [4.78, 5) is 4.53. The van der Waals surface area contributed by atoms with Gasteiger partial charge >= 0.3 is 0 Å². The first-order chi connectivity index (χ1) is 13.2. The highest BCUT2D eigenvalue weighted by molar-refractivity contribution is 7.89. The van der Waals surface area contributed by atoms with Crippen LogP contribution in [0.1, 0.15) is 30.5 Å². The van der Waals surface area contributed by atoms with Crippen LogP contribution in [-0.4, -0.2) is 38.8 Å². The second kappa shape index (κ2) is 9.71. The van der Waals surface area contributed by atoms with E-state index in [-0.39, 0.29) is 6.04 Å². The van der Waals surface area contributed by atoms with Gasteiger partial charge in [0.05, 0.1) is 4.90 Å². The van der Waals surface area contributed by atoms with Crippen molar-refractivity contribution in [2.24, 2.45) is 4.99 Å². The predicted octanol–water partition coefficient (Wildman–Crippen LogP) is 2.89. The number of rotatable bonds is 7. The largest absolute Gasteiger partial charge is 0.352 e. The molecule has 0 aliphatic rings. The Morgan fingerprint density at radius 3 is 1.86 bits per heavy atom. The Kier molecular flexibility index (Phi) is 7.60. The summed E-state index contributed by atoms with van der Waals surface area (Å²) in [5.74, 6) is 0.691. The molecule has 6 nitrogen and oxygen atoms in total. The van der Waals surface area contributed by atoms with Gasteiger partial charge in [-0.2, -0.15) is 4.31 Å². The molecule has 2 aromatic rings. The molecule has 2 N–H and O–H groups in total. The van der Waals surface area contributed by atoms with E-state index in [0.29, 0.717) is 23.9 Å². The van der Waals surface area contributed by atoms with Crippen molar-refractivity contribution in [3.05, 3.63) is 65.2 Å². The highest BCUT2D eigenvalue weighted by Crippen LogP contribution is 2.17. The van der Waals surface area contributed by atoms with Gasteiger partial charge < -0.3 is 10.6 Å². The Labute approximate surface area is 168 Å². The lowest BCUT2D eigenvalue weighted by atomic mass is 10.1. The van der Waals surface area contributed by atoms with Crippen LogP contribution in [0.5, 0.6) is 0 Å². The van der Waals surface area contributed by atoms with Crippen molar-refractivity contribution >= 4 is 16.0 Å². The number of benzene rings is 2. The van der Waals surface area contributed by atoms with Crippen LogP contribution in [0, 0.1) is 6.92 Å². The molecule has 152 valence electrons. The van der Waals surface area contributed by atoms with Crippen LogP contribution in [0.25, 0.3) is 0 Å². The number of aliphatic imine (C=N–C) groups is 1. The molecule has 0 bridgehead atoms. The van der Waals surface area contributed by atoms with Gasteiger partial charge in [-0.15, -0.1) is 0 Å². The van der Waals surface area contributed by atoms with E-state index in [0.717, 1.165) is 5.56 Å². The smallest absolute Gasteiger partial charge is 0.243 e. The summed E-state index contributed by atoms with van der Waals surface area (Å²) in [6.45, 7) is 7.00. The Balaban J connectivity index is 1.93. The topological polar surface area (TPSA) is 73.8 Å². The van der Waals surface area contributed by atoms with Crippen LogP contribution in [0.15, 0.2) is 58.4 Å². The Morgan fingerprint density at radius 1 is 0.964 bits per heavy atom. The van der Waals surface area contributed by atoms with Gasteiger partial charge in [0.2, 0.25) is 10.0 Å². The molecule has 2 rings (SSSR count). The molecule has 7 heteroatoms. The van der Waals surface area contributed by atoms with E-state index in [4.69, 9.17) is 0 Å². The van der Waals surface area contributed by atoms with Gasteiger partial charge in [0.25, 0.3) is 0 Å². The number of guanidine groups is 1. The maximum absolute atomic E-state index is 12.5. The van der Waals surface area contributed by atoms with E-state index < -0.39 is 10.0 Å². The zero-order chi connectivity index (χ0) is 20.7. The third-order valence-electron chi connectivity index (χ3n) is 4.59. The van der Waals surface area contributed by atoms with Gasteiger partial charge in [-0.1, -0.05) is 42.0 Å². The van der Waals surface area contributed by atoms with Crippen LogP contribution in [0.4, 0.5) is 0 Å². The fourth-order valence-corrected chi connectivity index (χ4v) is 3.89. The maximum atomic E-state index is 12.5. The third kappa shape index (κ3) is 5.81. The lowest BCUT2D eigenvalue weighted by Gasteiger charge is -2.21. The number of nitrogens with one attached hydrogen (secondary N) is 2. The van der Waals surface area contributed by atoms with Crippen molar-refractivity contribution in [1.82, 2.24) is 14.9 Å². The zero-order valence-electron chi connectivity index (χ0n) is 17.2. The molecule has 0 aliphatic carbocycles. The molecule has 0 unspecified atom stereocenters. The standard InChI is InChI=1S/C21H30N4O2S/c1-16(2)25(5)28(26,27)20-12-10-19(11-13-20)15-24-21(22-4)23-14-18-8-6-17(3)7-9-18/h6-13,16H,14-15H2,1-5H3,(H2,22,23,24). The second-order valence-corrected chi connectivity index (χ2v) is 9.02. The third-order valence-corrected chi connectivity index (χ3v) is 6.64. The zero-order valence-corrected chi connectivity index (χ0v) is 18.0. The van der Waals surface area contributed by atoms with Crippen LogP contribution in [0.3, 0.4) is 0 Å². The lowest BCUT2D eigenvalue weighted by molar-refractivity contribution is 0.410. The molecule has 0 amide bonds. The summed E-state index contributed by atoms with van der Waals surface area (Å²) < 4.78 is 26.4. The van der Waals surface area contributed by atoms with E-state index in [1.165, 1.54) is 15.4 Å². The van der Waals surface area contributed by atoms with Crippen molar-refractivity contribution in [2.45, 2.75) is 44.8 Å². The van der Waals surface area contributed by atoms with Crippen LogP contribution in [-0.2, 0) is 23.1 Å². The number of hydrogen-bond donors (Lipinski definition) is 2. The fraction of sp³-hybridized carbons (Fsp3) is 0.381. The second-order valence-electron chi connectivity index (χ2n) is 7.02. The molecular formula is C21H30N4O2S. The maximum Gasteiger partial charge on any atom is 0.243 e. The van der Waals surface area contributed by atoms with Gasteiger partial charge in [-0.05, 0) is 44.0 Å². The van der Waals surface area contributed by atoms with Crippen molar-refractivity contribution in [3.63, 3.8) is 0 Å². The first-order valence-electron chi connectivity index (χ1n) is 9.31. The minimum Gasteiger partial charge on any atom is -0.352 e. The molecule has 0 heterocycles. The van der Waals surface area contributed by atoms with Gasteiger partial charge in [0.1, 0.15) is 0 Å². The van der Waals surface area contributed by atoms with Crippen LogP contribution < -0.4 is 10.6 Å². The highest BCUT2D eigenvalue weighted by Gasteiger charge is 2.22. The molecule has 0 saturated carbocycles. The highest BCUT2D eigenvalue weighted by atomic mass is 32.2. The molecule has 0 aromatic heterocycles. The molecule has 0 spiro atoms. The summed E-state index contributed by atoms with van der Waals surface area (Å²) in [7, 11) is -0.136. The summed E-state index contributed by atoms with van der Waals surface area (Å²) in [5.41, 5.74) is 3.39. The first kappa shape index (κ1) is 21.9. The summed E-state index contributed by atoms with van der Waals surface area (Å²) >= 11 is 0. The van der Waals surface area contributed by atoms with E-state index in [1.807, 2.05) is 26.0 Å². The number of nitrogens with zero attached hydrogens (tertiary/aromatic N) is 2. The Bertz CT molecular complexity index is 889. The van der Waals surface area contributed by atoms with Gasteiger partial charge in [0, 0.05) is 33.2 Å².